The molecule has 0 spiro atoms. The van der Waals surface area contributed by atoms with Crippen LogP contribution in [0.3, 0.4) is 0 Å². The number of carbonyl (C=O) groups is 1. The molecule has 2 aromatic heterocycles. The third-order valence-electron chi connectivity index (χ3n) is 3.71. The van der Waals surface area contributed by atoms with Crippen molar-refractivity contribution in [2.75, 3.05) is 0 Å². The van der Waals surface area contributed by atoms with Gasteiger partial charge in [0.2, 0.25) is 10.0 Å². The van der Waals surface area contributed by atoms with Crippen LogP contribution in [0.25, 0.3) is 11.3 Å². The number of nitrogens with zero attached hydrogens (tertiary/aromatic N) is 3. The molecule has 3 N–H and O–H groups in total. The second kappa shape index (κ2) is 8.12. The number of benzene rings is 1. The van der Waals surface area contributed by atoms with E-state index in [1.807, 2.05) is 0 Å². The van der Waals surface area contributed by atoms with Gasteiger partial charge in [0.15, 0.2) is 5.69 Å². The molecule has 1 amide bonds. The van der Waals surface area contributed by atoms with Gasteiger partial charge >= 0.3 is 6.18 Å². The monoisotopic (exact) mass is 441 g/mol. The van der Waals surface area contributed by atoms with Gasteiger partial charge < -0.3 is 4.42 Å². The summed E-state index contributed by atoms with van der Waals surface area (Å²) >= 11 is 0. The summed E-state index contributed by atoms with van der Waals surface area (Å²) in [7, 11) is -3.80. The first-order valence-corrected chi connectivity index (χ1v) is 9.72. The van der Waals surface area contributed by atoms with Crippen LogP contribution in [-0.2, 0) is 27.5 Å². The summed E-state index contributed by atoms with van der Waals surface area (Å²) in [5, 5.41) is 12.0. The average Bonchev–Trinajstić information content (AvgIpc) is 3.30. The molecule has 13 heteroatoms. The fourth-order valence-corrected chi connectivity index (χ4v) is 2.85. The fourth-order valence-electron chi connectivity index (χ4n) is 2.34. The number of hydrazone groups is 1. The van der Waals surface area contributed by atoms with Crippen LogP contribution in [0.15, 0.2) is 63.1 Å². The second-order valence-corrected chi connectivity index (χ2v) is 7.52. The molecule has 0 aliphatic rings. The highest BCUT2D eigenvalue weighted by molar-refractivity contribution is 7.89. The Balaban J connectivity index is 1.58. The van der Waals surface area contributed by atoms with E-state index in [1.54, 1.807) is 12.1 Å². The molecule has 0 radical (unpaired) electrons. The van der Waals surface area contributed by atoms with Crippen LogP contribution < -0.4 is 10.6 Å². The first kappa shape index (κ1) is 21.3. The molecule has 30 heavy (non-hydrogen) atoms. The van der Waals surface area contributed by atoms with Gasteiger partial charge in [0.1, 0.15) is 18.1 Å². The topological polar surface area (TPSA) is 133 Å². The van der Waals surface area contributed by atoms with Gasteiger partial charge in [-0.2, -0.15) is 23.4 Å². The Labute approximate surface area is 168 Å². The summed E-state index contributed by atoms with van der Waals surface area (Å²) in [4.78, 5) is 11.7. The molecule has 0 atom stereocenters. The minimum Gasteiger partial charge on any atom is -0.455 e. The smallest absolute Gasteiger partial charge is 0.435 e. The number of hydrogen-bond donors (Lipinski definition) is 2. The minimum absolute atomic E-state index is 0.0400. The standard InChI is InChI=1S/C17H14F3N5O4S/c18-17(19,20)15-7-8-25(24-15)10-16(26)23-22-9-12-3-6-14(29-12)11-1-4-13(5-2-11)30(21,27)28/h1-9H,10H2,(H,23,26)(H2,21,27,28)/b22-9-. The number of nitrogens with two attached hydrogens (primary N) is 1. The maximum absolute atomic E-state index is 12.5. The lowest BCUT2D eigenvalue weighted by atomic mass is 10.2. The van der Waals surface area contributed by atoms with E-state index >= 15 is 0 Å². The minimum atomic E-state index is -4.59. The summed E-state index contributed by atoms with van der Waals surface area (Å²) in [6, 6.07) is 9.62. The van der Waals surface area contributed by atoms with Gasteiger partial charge in [0.05, 0.1) is 11.1 Å². The normalized spacial score (nSPS) is 12.4. The molecular weight excluding hydrogens is 427 g/mol. The number of halogens is 3. The Kier molecular flexibility index (Phi) is 5.75. The van der Waals surface area contributed by atoms with E-state index in [-0.39, 0.29) is 10.7 Å². The van der Waals surface area contributed by atoms with Crippen molar-refractivity contribution in [2.45, 2.75) is 17.6 Å². The van der Waals surface area contributed by atoms with Gasteiger partial charge in [0, 0.05) is 11.8 Å². The van der Waals surface area contributed by atoms with Gasteiger partial charge in [-0.05, 0) is 42.5 Å². The number of furan rings is 1. The quantitative estimate of drug-likeness (QED) is 0.446. The first-order valence-electron chi connectivity index (χ1n) is 8.18. The maximum atomic E-state index is 12.5. The highest BCUT2D eigenvalue weighted by Gasteiger charge is 2.33. The Morgan fingerprint density at radius 3 is 2.50 bits per heavy atom. The lowest BCUT2D eigenvalue weighted by Gasteiger charge is -2.02. The molecule has 158 valence electrons. The number of nitrogens with one attached hydrogen (secondary N) is 1. The van der Waals surface area contributed by atoms with Crippen LogP contribution in [0.5, 0.6) is 0 Å². The molecule has 2 heterocycles. The number of sulfonamides is 1. The van der Waals surface area contributed by atoms with Gasteiger partial charge in [-0.3, -0.25) is 9.48 Å². The van der Waals surface area contributed by atoms with E-state index in [1.165, 1.54) is 30.5 Å². The molecule has 0 saturated carbocycles. The molecule has 1 aromatic carbocycles. The van der Waals surface area contributed by atoms with Crippen molar-refractivity contribution < 1.29 is 30.8 Å². The summed E-state index contributed by atoms with van der Waals surface area (Å²) in [6.45, 7) is -0.451. The van der Waals surface area contributed by atoms with E-state index in [2.05, 4.69) is 15.6 Å². The van der Waals surface area contributed by atoms with Crippen molar-refractivity contribution in [3.8, 4) is 11.3 Å². The first-order chi connectivity index (χ1) is 14.0. The molecule has 3 rings (SSSR count). The molecule has 0 fully saturated rings. The van der Waals surface area contributed by atoms with Crippen molar-refractivity contribution >= 4 is 22.1 Å². The largest absolute Gasteiger partial charge is 0.455 e. The Bertz CT molecular complexity index is 1180. The van der Waals surface area contributed by atoms with Crippen molar-refractivity contribution in [3.63, 3.8) is 0 Å². The number of rotatable bonds is 6. The van der Waals surface area contributed by atoms with E-state index in [4.69, 9.17) is 9.56 Å². The molecule has 0 bridgehead atoms. The van der Waals surface area contributed by atoms with Crippen LogP contribution in [0.1, 0.15) is 11.5 Å². The zero-order valence-electron chi connectivity index (χ0n) is 15.0. The van der Waals surface area contributed by atoms with Crippen LogP contribution in [0, 0.1) is 0 Å². The lowest BCUT2D eigenvalue weighted by molar-refractivity contribution is -0.141. The molecule has 0 unspecified atom stereocenters. The Hall–Kier alpha value is -3.45. The molecular formula is C17H14F3N5O4S. The predicted octanol–water partition coefficient (Wildman–Crippen LogP) is 1.96. The van der Waals surface area contributed by atoms with Crippen molar-refractivity contribution in [2.24, 2.45) is 10.2 Å². The van der Waals surface area contributed by atoms with E-state index in [0.29, 0.717) is 11.3 Å². The van der Waals surface area contributed by atoms with E-state index in [9.17, 15) is 26.4 Å². The van der Waals surface area contributed by atoms with Gasteiger partial charge in [-0.15, -0.1) is 0 Å². The number of alkyl halides is 3. The van der Waals surface area contributed by atoms with Crippen LogP contribution in [0.2, 0.25) is 0 Å². The molecule has 0 saturated heterocycles. The maximum Gasteiger partial charge on any atom is 0.435 e. The van der Waals surface area contributed by atoms with Crippen LogP contribution >= 0.6 is 0 Å². The summed E-state index contributed by atoms with van der Waals surface area (Å²) in [5.74, 6) is 0.00711. The third-order valence-corrected chi connectivity index (χ3v) is 4.64. The van der Waals surface area contributed by atoms with Gasteiger partial charge in [-0.25, -0.2) is 19.0 Å². The zero-order chi connectivity index (χ0) is 21.9. The SMILES string of the molecule is NS(=O)(=O)c1ccc(-c2ccc(/C=N\NC(=O)Cn3ccc(C(F)(F)F)n3)o2)cc1. The third kappa shape index (κ3) is 5.33. The number of carbonyl (C=O) groups excluding carboxylic acids is 1. The molecule has 0 aliphatic heterocycles. The van der Waals surface area contributed by atoms with Crippen molar-refractivity contribution in [3.05, 3.63) is 60.1 Å². The number of primary sulfonamides is 1. The number of hydrogen-bond acceptors (Lipinski definition) is 6. The van der Waals surface area contributed by atoms with Crippen LogP contribution in [-0.4, -0.2) is 30.3 Å². The fraction of sp³-hybridized carbons (Fsp3) is 0.118. The van der Waals surface area contributed by atoms with E-state index < -0.39 is 34.3 Å². The summed E-state index contributed by atoms with van der Waals surface area (Å²) in [5.41, 5.74) is 1.64. The second-order valence-electron chi connectivity index (χ2n) is 5.96. The van der Waals surface area contributed by atoms with Crippen molar-refractivity contribution in [1.82, 2.24) is 15.2 Å². The average molecular weight is 441 g/mol. The number of amides is 1. The predicted molar refractivity (Wildman–Crippen MR) is 98.5 cm³/mol. The Morgan fingerprint density at radius 1 is 1.20 bits per heavy atom. The highest BCUT2D eigenvalue weighted by atomic mass is 32.2. The molecule has 9 nitrogen and oxygen atoms in total. The zero-order valence-corrected chi connectivity index (χ0v) is 15.8. The van der Waals surface area contributed by atoms with Gasteiger partial charge in [0.25, 0.3) is 5.91 Å². The van der Waals surface area contributed by atoms with Crippen LogP contribution in [0.4, 0.5) is 13.2 Å². The Morgan fingerprint density at radius 2 is 1.90 bits per heavy atom. The highest BCUT2D eigenvalue weighted by Crippen LogP contribution is 2.27. The lowest BCUT2D eigenvalue weighted by Crippen LogP contribution is -2.23. The van der Waals surface area contributed by atoms with Crippen molar-refractivity contribution in [1.29, 1.82) is 0 Å². The molecule has 3 aromatic rings. The van der Waals surface area contributed by atoms with E-state index in [0.717, 1.165) is 16.9 Å². The number of aromatic nitrogens is 2. The summed E-state index contributed by atoms with van der Waals surface area (Å²) < 4.78 is 66.3. The summed E-state index contributed by atoms with van der Waals surface area (Å²) in [6.07, 6.45) is -2.35. The van der Waals surface area contributed by atoms with Gasteiger partial charge in [-0.1, -0.05) is 0 Å². The molecule has 0 aliphatic carbocycles.